The van der Waals surface area contributed by atoms with E-state index in [1.54, 1.807) is 12.3 Å². The maximum Gasteiger partial charge on any atom is 0.407 e. The zero-order chi connectivity index (χ0) is 20.9. The van der Waals surface area contributed by atoms with Crippen LogP contribution in [-0.2, 0) is 4.74 Å². The molecule has 0 saturated carbocycles. The molecule has 0 spiro atoms. The first-order chi connectivity index (χ1) is 14.6. The van der Waals surface area contributed by atoms with Crippen molar-refractivity contribution < 1.29 is 9.53 Å². The summed E-state index contributed by atoms with van der Waals surface area (Å²) in [6.07, 6.45) is 1.75. The van der Waals surface area contributed by atoms with Gasteiger partial charge in [-0.25, -0.2) is 9.78 Å². The molecule has 1 aromatic heterocycles. The third-order valence-electron chi connectivity index (χ3n) is 5.16. The van der Waals surface area contributed by atoms with Crippen LogP contribution in [0.2, 0.25) is 5.15 Å². The summed E-state index contributed by atoms with van der Waals surface area (Å²) in [6, 6.07) is 18.3. The first-order valence-corrected chi connectivity index (χ1v) is 10.2. The minimum Gasteiger partial charge on any atom is -0.449 e. The van der Waals surface area contributed by atoms with Gasteiger partial charge in [-0.05, 0) is 40.8 Å². The summed E-state index contributed by atoms with van der Waals surface area (Å²) in [5, 5.41) is 3.22. The summed E-state index contributed by atoms with van der Waals surface area (Å²) < 4.78 is 5.51. The number of alkyl carbamates (subject to hydrolysis) is 1. The van der Waals surface area contributed by atoms with Gasteiger partial charge in [-0.3, -0.25) is 0 Å². The second kappa shape index (κ2) is 9.02. The Kier molecular flexibility index (Phi) is 6.02. The van der Waals surface area contributed by atoms with Crippen LogP contribution in [0.3, 0.4) is 0 Å². The van der Waals surface area contributed by atoms with E-state index in [9.17, 15) is 4.79 Å². The summed E-state index contributed by atoms with van der Waals surface area (Å²) in [6.45, 7) is 2.66. The van der Waals surface area contributed by atoms with Crippen LogP contribution in [0.25, 0.3) is 11.1 Å². The van der Waals surface area contributed by atoms with Gasteiger partial charge in [-0.15, -0.1) is 0 Å². The highest BCUT2D eigenvalue weighted by atomic mass is 35.5. The number of carbonyl (C=O) groups is 1. The van der Waals surface area contributed by atoms with Crippen molar-refractivity contribution in [3.8, 4) is 23.0 Å². The number of rotatable bonds is 4. The van der Waals surface area contributed by atoms with E-state index in [0.29, 0.717) is 24.7 Å². The molecule has 5 heteroatoms. The van der Waals surface area contributed by atoms with E-state index in [1.165, 1.54) is 22.3 Å². The molecule has 4 nitrogen and oxygen atoms in total. The number of amides is 1. The molecule has 0 unspecified atom stereocenters. The zero-order valence-electron chi connectivity index (χ0n) is 16.6. The summed E-state index contributed by atoms with van der Waals surface area (Å²) in [7, 11) is 0. The van der Waals surface area contributed by atoms with Gasteiger partial charge in [0.15, 0.2) is 0 Å². The summed E-state index contributed by atoms with van der Waals surface area (Å²) in [4.78, 5) is 16.2. The van der Waals surface area contributed by atoms with E-state index in [1.807, 2.05) is 31.2 Å². The third-order valence-corrected chi connectivity index (χ3v) is 5.37. The van der Waals surface area contributed by atoms with Crippen LogP contribution in [0.5, 0.6) is 0 Å². The molecular formula is C25H21ClN2O2. The number of hydrogen-bond acceptors (Lipinski definition) is 3. The fourth-order valence-electron chi connectivity index (χ4n) is 3.69. The number of aryl methyl sites for hydroxylation is 1. The van der Waals surface area contributed by atoms with E-state index < -0.39 is 6.09 Å². The molecule has 0 saturated heterocycles. The van der Waals surface area contributed by atoms with E-state index in [-0.39, 0.29) is 5.92 Å². The van der Waals surface area contributed by atoms with Crippen LogP contribution in [0.15, 0.2) is 60.8 Å². The average Bonchev–Trinajstić information content (AvgIpc) is 3.07. The fourth-order valence-corrected chi connectivity index (χ4v) is 3.90. The standard InChI is InChI=1S/C25H21ClN2O2/c1-17-14-24(26)28-15-18(17)8-6-7-13-27-25(29)30-16-23-21-11-4-2-9-19(21)20-10-3-5-12-22(20)23/h2-5,9-12,14-15,23H,7,13,16H2,1H3,(H,27,29). The Labute approximate surface area is 181 Å². The van der Waals surface area contributed by atoms with Crippen LogP contribution >= 0.6 is 11.6 Å². The van der Waals surface area contributed by atoms with Gasteiger partial charge in [0.25, 0.3) is 0 Å². The monoisotopic (exact) mass is 416 g/mol. The number of benzene rings is 2. The predicted octanol–water partition coefficient (Wildman–Crippen LogP) is 5.32. The smallest absolute Gasteiger partial charge is 0.407 e. The first-order valence-electron chi connectivity index (χ1n) is 9.83. The Morgan fingerprint density at radius 3 is 2.47 bits per heavy atom. The van der Waals surface area contributed by atoms with Gasteiger partial charge >= 0.3 is 6.09 Å². The van der Waals surface area contributed by atoms with Gasteiger partial charge in [0.05, 0.1) is 0 Å². The predicted molar refractivity (Wildman–Crippen MR) is 119 cm³/mol. The van der Waals surface area contributed by atoms with E-state index in [2.05, 4.69) is 46.4 Å². The van der Waals surface area contributed by atoms with Crippen LogP contribution in [0.4, 0.5) is 4.79 Å². The van der Waals surface area contributed by atoms with Crippen LogP contribution in [-0.4, -0.2) is 24.2 Å². The van der Waals surface area contributed by atoms with Gasteiger partial charge in [0.1, 0.15) is 11.8 Å². The van der Waals surface area contributed by atoms with Gasteiger partial charge < -0.3 is 10.1 Å². The Hall–Kier alpha value is -3.29. The maximum atomic E-state index is 12.1. The maximum absolute atomic E-state index is 12.1. The van der Waals surface area contributed by atoms with Crippen molar-refractivity contribution in [2.24, 2.45) is 0 Å². The number of nitrogens with one attached hydrogen (secondary N) is 1. The zero-order valence-corrected chi connectivity index (χ0v) is 17.4. The average molecular weight is 417 g/mol. The molecule has 4 rings (SSSR count). The van der Waals surface area contributed by atoms with Crippen molar-refractivity contribution >= 4 is 17.7 Å². The lowest BCUT2D eigenvalue weighted by molar-refractivity contribution is 0.143. The van der Waals surface area contributed by atoms with E-state index in [0.717, 1.165) is 11.1 Å². The van der Waals surface area contributed by atoms with Crippen molar-refractivity contribution in [3.05, 3.63) is 88.2 Å². The second-order valence-electron chi connectivity index (χ2n) is 7.13. The molecule has 3 aromatic rings. The molecule has 150 valence electrons. The van der Waals surface area contributed by atoms with Crippen molar-refractivity contribution in [1.29, 1.82) is 0 Å². The molecule has 0 bridgehead atoms. The molecule has 2 aromatic carbocycles. The van der Waals surface area contributed by atoms with Gasteiger partial charge in [-0.2, -0.15) is 0 Å². The largest absolute Gasteiger partial charge is 0.449 e. The third kappa shape index (κ3) is 4.32. The molecular weight excluding hydrogens is 396 g/mol. The Morgan fingerprint density at radius 1 is 1.13 bits per heavy atom. The molecule has 30 heavy (non-hydrogen) atoms. The summed E-state index contributed by atoms with van der Waals surface area (Å²) in [5.41, 5.74) is 6.63. The molecule has 1 heterocycles. The molecule has 1 aliphatic rings. The number of aromatic nitrogens is 1. The van der Waals surface area contributed by atoms with Crippen molar-refractivity contribution in [2.75, 3.05) is 13.2 Å². The normalized spacial score (nSPS) is 11.8. The lowest BCUT2D eigenvalue weighted by Gasteiger charge is -2.14. The minimum absolute atomic E-state index is 0.0586. The number of fused-ring (bicyclic) bond motifs is 3. The highest BCUT2D eigenvalue weighted by molar-refractivity contribution is 6.29. The van der Waals surface area contributed by atoms with Gasteiger partial charge in [0.2, 0.25) is 0 Å². The van der Waals surface area contributed by atoms with Gasteiger partial charge in [0, 0.05) is 30.6 Å². The Bertz CT molecular complexity index is 1100. The molecule has 0 atom stereocenters. The van der Waals surface area contributed by atoms with Crippen molar-refractivity contribution in [2.45, 2.75) is 19.3 Å². The Balaban J connectivity index is 1.29. The molecule has 0 aliphatic heterocycles. The number of nitrogens with zero attached hydrogens (tertiary/aromatic N) is 1. The molecule has 1 N–H and O–H groups in total. The quantitative estimate of drug-likeness (QED) is 0.355. The fraction of sp³-hybridized carbons (Fsp3) is 0.200. The number of pyridine rings is 1. The van der Waals surface area contributed by atoms with Crippen molar-refractivity contribution in [3.63, 3.8) is 0 Å². The number of ether oxygens (including phenoxy) is 1. The molecule has 1 amide bonds. The number of hydrogen-bond donors (Lipinski definition) is 1. The van der Waals surface area contributed by atoms with E-state index in [4.69, 9.17) is 16.3 Å². The highest BCUT2D eigenvalue weighted by Crippen LogP contribution is 2.44. The van der Waals surface area contributed by atoms with Crippen LogP contribution < -0.4 is 5.32 Å². The van der Waals surface area contributed by atoms with Gasteiger partial charge in [-0.1, -0.05) is 72.0 Å². The lowest BCUT2D eigenvalue weighted by atomic mass is 9.98. The van der Waals surface area contributed by atoms with Crippen LogP contribution in [0, 0.1) is 18.8 Å². The second-order valence-corrected chi connectivity index (χ2v) is 7.51. The Morgan fingerprint density at radius 2 is 1.80 bits per heavy atom. The molecule has 1 aliphatic carbocycles. The minimum atomic E-state index is -0.428. The lowest BCUT2D eigenvalue weighted by Crippen LogP contribution is -2.26. The highest BCUT2D eigenvalue weighted by Gasteiger charge is 2.28. The van der Waals surface area contributed by atoms with E-state index >= 15 is 0 Å². The number of halogens is 1. The topological polar surface area (TPSA) is 51.2 Å². The van der Waals surface area contributed by atoms with Crippen LogP contribution in [0.1, 0.15) is 34.6 Å². The summed E-state index contributed by atoms with van der Waals surface area (Å²) in [5.74, 6) is 6.15. The number of carbonyl (C=O) groups excluding carboxylic acids is 1. The molecule has 0 fully saturated rings. The molecule has 0 radical (unpaired) electrons. The first kappa shape index (κ1) is 20.0. The SMILES string of the molecule is Cc1cc(Cl)ncc1C#CCCNC(=O)OCC1c2ccccc2-c2ccccc21. The summed E-state index contributed by atoms with van der Waals surface area (Å²) >= 11 is 5.85. The van der Waals surface area contributed by atoms with Crippen molar-refractivity contribution in [1.82, 2.24) is 10.3 Å².